The van der Waals surface area contributed by atoms with Crippen LogP contribution >= 0.6 is 11.6 Å². The Hall–Kier alpha value is -2.45. The third-order valence-corrected chi connectivity index (χ3v) is 6.14. The van der Waals surface area contributed by atoms with Gasteiger partial charge in [-0.05, 0) is 42.8 Å². The van der Waals surface area contributed by atoms with Gasteiger partial charge in [-0.15, -0.1) is 0 Å². The fourth-order valence-corrected chi connectivity index (χ4v) is 4.27. The molecule has 0 fully saturated rings. The Morgan fingerprint density at radius 3 is 2.59 bits per heavy atom. The van der Waals surface area contributed by atoms with Gasteiger partial charge in [0.1, 0.15) is 11.5 Å². The number of rotatable bonds is 5. The van der Waals surface area contributed by atoms with E-state index in [-0.39, 0.29) is 24.9 Å². The third kappa shape index (κ3) is 4.94. The molecule has 0 spiro atoms. The number of hydrogen-bond acceptors (Lipinski definition) is 5. The molecule has 0 aromatic heterocycles. The van der Waals surface area contributed by atoms with Crippen LogP contribution in [0.25, 0.3) is 0 Å². The van der Waals surface area contributed by atoms with Crippen LogP contribution in [0, 0.1) is 0 Å². The Morgan fingerprint density at radius 1 is 1.28 bits per heavy atom. The highest BCUT2D eigenvalue weighted by atomic mass is 35.5. The predicted molar refractivity (Wildman–Crippen MR) is 112 cm³/mol. The van der Waals surface area contributed by atoms with Crippen LogP contribution in [0.3, 0.4) is 0 Å². The van der Waals surface area contributed by atoms with Crippen molar-refractivity contribution < 1.29 is 22.7 Å². The van der Waals surface area contributed by atoms with Crippen molar-refractivity contribution in [1.29, 1.82) is 0 Å². The minimum absolute atomic E-state index is 0.112. The number of fused-ring (bicyclic) bond motifs is 1. The molecule has 0 saturated carbocycles. The first-order valence-corrected chi connectivity index (χ1v) is 11.3. The van der Waals surface area contributed by atoms with Crippen LogP contribution < -0.4 is 19.1 Å². The maximum atomic E-state index is 12.8. The molecule has 3 rings (SSSR count). The van der Waals surface area contributed by atoms with Crippen LogP contribution in [-0.4, -0.2) is 40.3 Å². The monoisotopic (exact) mass is 438 g/mol. The Labute approximate surface area is 175 Å². The van der Waals surface area contributed by atoms with E-state index in [1.54, 1.807) is 19.2 Å². The lowest BCUT2D eigenvalue weighted by Crippen LogP contribution is -2.40. The number of halogens is 1. The fourth-order valence-electron chi connectivity index (χ4n) is 3.16. The number of hydrogen-bond donors (Lipinski definition) is 1. The minimum atomic E-state index is -3.55. The largest absolute Gasteiger partial charge is 0.497 e. The van der Waals surface area contributed by atoms with Crippen molar-refractivity contribution in [2.75, 3.05) is 24.2 Å². The molecule has 2 atom stereocenters. The van der Waals surface area contributed by atoms with E-state index in [1.807, 2.05) is 31.2 Å². The molecule has 0 radical (unpaired) electrons. The van der Waals surface area contributed by atoms with Crippen molar-refractivity contribution in [2.45, 2.75) is 25.5 Å². The Kier molecular flexibility index (Phi) is 6.24. The van der Waals surface area contributed by atoms with Gasteiger partial charge in [-0.2, -0.15) is 0 Å². The summed E-state index contributed by atoms with van der Waals surface area (Å²) >= 11 is 6.04. The number of nitrogens with one attached hydrogen (secondary N) is 1. The van der Waals surface area contributed by atoms with Gasteiger partial charge in [-0.25, -0.2) is 8.42 Å². The smallest absolute Gasteiger partial charge is 0.261 e. The first kappa shape index (κ1) is 21.3. The lowest BCUT2D eigenvalue weighted by molar-refractivity contribution is -0.128. The van der Waals surface area contributed by atoms with Crippen LogP contribution in [0.5, 0.6) is 11.5 Å². The molecule has 2 aromatic rings. The van der Waals surface area contributed by atoms with E-state index < -0.39 is 16.1 Å². The lowest BCUT2D eigenvalue weighted by atomic mass is 10.1. The van der Waals surface area contributed by atoms with Gasteiger partial charge in [0.05, 0.1) is 25.1 Å². The van der Waals surface area contributed by atoms with Crippen LogP contribution in [0.4, 0.5) is 5.69 Å². The normalized spacial score (nSPS) is 17.5. The maximum absolute atomic E-state index is 12.8. The number of nitrogens with zero attached hydrogens (tertiary/aromatic N) is 1. The molecular weight excluding hydrogens is 416 g/mol. The molecule has 7 nitrogen and oxygen atoms in total. The molecule has 156 valence electrons. The van der Waals surface area contributed by atoms with E-state index in [0.717, 1.165) is 17.6 Å². The second kappa shape index (κ2) is 8.51. The van der Waals surface area contributed by atoms with Gasteiger partial charge in [0, 0.05) is 18.0 Å². The summed E-state index contributed by atoms with van der Waals surface area (Å²) in [6, 6.07) is 11.8. The molecule has 9 heteroatoms. The molecule has 1 N–H and O–H groups in total. The van der Waals surface area contributed by atoms with Gasteiger partial charge < -0.3 is 14.8 Å². The zero-order valence-corrected chi connectivity index (χ0v) is 18.0. The quantitative estimate of drug-likeness (QED) is 0.775. The van der Waals surface area contributed by atoms with E-state index in [9.17, 15) is 13.2 Å². The molecule has 1 heterocycles. The fraction of sp³-hybridized carbons (Fsp3) is 0.350. The van der Waals surface area contributed by atoms with Crippen LogP contribution in [0.1, 0.15) is 24.9 Å². The maximum Gasteiger partial charge on any atom is 0.261 e. The molecule has 29 heavy (non-hydrogen) atoms. The topological polar surface area (TPSA) is 84.9 Å². The summed E-state index contributed by atoms with van der Waals surface area (Å²) in [5, 5.41) is 3.31. The number of benzene rings is 2. The first-order chi connectivity index (χ1) is 13.7. The van der Waals surface area contributed by atoms with Crippen molar-refractivity contribution >= 4 is 33.2 Å². The van der Waals surface area contributed by atoms with Crippen LogP contribution in [0.15, 0.2) is 42.5 Å². The zero-order valence-electron chi connectivity index (χ0n) is 16.4. The summed E-state index contributed by atoms with van der Waals surface area (Å²) in [7, 11) is -1.96. The zero-order chi connectivity index (χ0) is 21.2. The first-order valence-electron chi connectivity index (χ1n) is 9.07. The third-order valence-electron chi connectivity index (χ3n) is 4.72. The van der Waals surface area contributed by atoms with Gasteiger partial charge >= 0.3 is 0 Å². The van der Waals surface area contributed by atoms with Gasteiger partial charge in [0.15, 0.2) is 6.10 Å². The van der Waals surface area contributed by atoms with E-state index >= 15 is 0 Å². The van der Waals surface area contributed by atoms with Gasteiger partial charge in [0.2, 0.25) is 10.0 Å². The average molecular weight is 439 g/mol. The number of methoxy groups -OCH3 is 1. The number of carbonyl (C=O) groups excluding carboxylic acids is 1. The Balaban J connectivity index is 1.79. The van der Waals surface area contributed by atoms with Gasteiger partial charge in [-0.1, -0.05) is 23.7 Å². The number of anilines is 1. The lowest BCUT2D eigenvalue weighted by Gasteiger charge is -2.21. The Bertz CT molecular complexity index is 994. The molecule has 1 aliphatic heterocycles. The van der Waals surface area contributed by atoms with Crippen molar-refractivity contribution in [1.82, 2.24) is 5.32 Å². The summed E-state index contributed by atoms with van der Waals surface area (Å²) in [6.45, 7) is 1.98. The minimum Gasteiger partial charge on any atom is -0.497 e. The summed E-state index contributed by atoms with van der Waals surface area (Å²) in [5.41, 5.74) is 1.25. The summed E-state index contributed by atoms with van der Waals surface area (Å²) in [5.74, 6) is 0.717. The SMILES string of the molecule is COc1ccc([C@H](C)NC(=O)[C@H]2CCN(S(C)(=O)=O)c3cc(Cl)ccc3O2)cc1. The van der Waals surface area contributed by atoms with E-state index in [4.69, 9.17) is 21.1 Å². The molecule has 0 unspecified atom stereocenters. The van der Waals surface area contributed by atoms with E-state index in [2.05, 4.69) is 5.32 Å². The molecule has 2 aromatic carbocycles. The summed E-state index contributed by atoms with van der Waals surface area (Å²) in [4.78, 5) is 12.8. The number of sulfonamides is 1. The molecular formula is C20H23ClN2O5S. The summed E-state index contributed by atoms with van der Waals surface area (Å²) < 4.78 is 36.7. The van der Waals surface area contributed by atoms with Crippen LogP contribution in [-0.2, 0) is 14.8 Å². The van der Waals surface area contributed by atoms with Crippen molar-refractivity contribution in [3.8, 4) is 11.5 Å². The highest BCUT2D eigenvalue weighted by Crippen LogP contribution is 2.36. The van der Waals surface area contributed by atoms with Crippen LogP contribution in [0.2, 0.25) is 5.02 Å². The molecule has 1 aliphatic rings. The summed E-state index contributed by atoms with van der Waals surface area (Å²) in [6.07, 6.45) is 0.493. The van der Waals surface area contributed by atoms with Gasteiger partial charge in [0.25, 0.3) is 5.91 Å². The number of ether oxygens (including phenoxy) is 2. The number of amides is 1. The van der Waals surface area contributed by atoms with E-state index in [0.29, 0.717) is 16.5 Å². The van der Waals surface area contributed by atoms with Crippen molar-refractivity contribution in [3.63, 3.8) is 0 Å². The average Bonchev–Trinajstić information content (AvgIpc) is 2.87. The highest BCUT2D eigenvalue weighted by Gasteiger charge is 2.32. The molecule has 0 bridgehead atoms. The number of carbonyl (C=O) groups is 1. The highest BCUT2D eigenvalue weighted by molar-refractivity contribution is 7.92. The predicted octanol–water partition coefficient (Wildman–Crippen LogP) is 3.14. The molecule has 0 aliphatic carbocycles. The Morgan fingerprint density at radius 2 is 1.97 bits per heavy atom. The second-order valence-corrected chi connectivity index (χ2v) is 9.19. The van der Waals surface area contributed by atoms with Gasteiger partial charge in [-0.3, -0.25) is 9.10 Å². The van der Waals surface area contributed by atoms with Crippen molar-refractivity contribution in [3.05, 3.63) is 53.1 Å². The molecule has 0 saturated heterocycles. The second-order valence-electron chi connectivity index (χ2n) is 6.85. The van der Waals surface area contributed by atoms with Crippen molar-refractivity contribution in [2.24, 2.45) is 0 Å². The standard InChI is InChI=1S/C20H23ClN2O5S/c1-13(14-4-7-16(27-2)8-5-14)22-20(24)19-10-11-23(29(3,25)26)17-12-15(21)6-9-18(17)28-19/h4-9,12-13,19H,10-11H2,1-3H3,(H,22,24)/t13-,19+/m0/s1. The van der Waals surface area contributed by atoms with E-state index in [1.165, 1.54) is 10.4 Å². The molecule has 1 amide bonds.